The van der Waals surface area contributed by atoms with E-state index in [-0.39, 0.29) is 18.2 Å². The van der Waals surface area contributed by atoms with Crippen molar-refractivity contribution in [1.82, 2.24) is 0 Å². The average Bonchev–Trinajstić information content (AvgIpc) is 2.45. The topological polar surface area (TPSA) is 54.8 Å². The summed E-state index contributed by atoms with van der Waals surface area (Å²) >= 11 is 6.12. The second kappa shape index (κ2) is 7.96. The summed E-state index contributed by atoms with van der Waals surface area (Å²) in [6, 6.07) is 3.15. The molecule has 0 saturated carbocycles. The van der Waals surface area contributed by atoms with Crippen LogP contribution in [0.5, 0.6) is 11.5 Å². The summed E-state index contributed by atoms with van der Waals surface area (Å²) in [5.74, 6) is 5.30. The molecule has 0 aromatic heterocycles. The number of hydroxylamine groups is 1. The second-order valence-electron chi connectivity index (χ2n) is 3.38. The number of rotatable bonds is 7. The smallest absolute Gasteiger partial charge is 0.181 e. The van der Waals surface area contributed by atoms with E-state index in [1.54, 1.807) is 12.1 Å². The van der Waals surface area contributed by atoms with Gasteiger partial charge in [-0.05, 0) is 6.07 Å². The lowest BCUT2D eigenvalue weighted by Gasteiger charge is -2.19. The molecule has 1 rings (SSSR count). The average molecular weight is 293 g/mol. The van der Waals surface area contributed by atoms with E-state index in [9.17, 15) is 0 Å². The van der Waals surface area contributed by atoms with Crippen molar-refractivity contribution >= 4 is 23.6 Å². The lowest BCUT2D eigenvalue weighted by atomic mass is 10.2. The zero-order valence-corrected chi connectivity index (χ0v) is 11.6. The predicted octanol–water partition coefficient (Wildman–Crippen LogP) is 2.34. The van der Waals surface area contributed by atoms with Crippen LogP contribution in [0.15, 0.2) is 12.1 Å². The van der Waals surface area contributed by atoms with Gasteiger partial charge in [-0.25, -0.2) is 5.06 Å². The molecule has 0 aliphatic rings. The van der Waals surface area contributed by atoms with Gasteiger partial charge in [0.15, 0.2) is 11.5 Å². The summed E-state index contributed by atoms with van der Waals surface area (Å²) in [6.07, 6.45) is 11.3. The van der Waals surface area contributed by atoms with Crippen molar-refractivity contribution in [2.75, 3.05) is 25.4 Å². The van der Waals surface area contributed by atoms with Gasteiger partial charge >= 0.3 is 0 Å². The quantitative estimate of drug-likeness (QED) is 0.363. The molecular formula is C14H13ClN2O3. The third kappa shape index (κ3) is 3.83. The van der Waals surface area contributed by atoms with Crippen LogP contribution in [-0.4, -0.2) is 26.7 Å². The number of benzene rings is 1. The number of halogens is 1. The molecule has 0 aliphatic carbocycles. The summed E-state index contributed by atoms with van der Waals surface area (Å²) in [7, 11) is 1.42. The molecule has 0 unspecified atom stereocenters. The normalized spacial score (nSPS) is 9.20. The zero-order valence-electron chi connectivity index (χ0n) is 10.9. The molecule has 0 amide bonds. The molecule has 1 aromatic carbocycles. The van der Waals surface area contributed by atoms with E-state index < -0.39 is 0 Å². The van der Waals surface area contributed by atoms with Gasteiger partial charge in [-0.2, -0.15) is 0 Å². The molecule has 5 nitrogen and oxygen atoms in total. The molecule has 6 heteroatoms. The predicted molar refractivity (Wildman–Crippen MR) is 78.4 cm³/mol. The van der Waals surface area contributed by atoms with Crippen molar-refractivity contribution in [3.05, 3.63) is 17.2 Å². The molecule has 0 atom stereocenters. The number of nitrogens with one attached hydrogen (secondary N) is 1. The first-order valence-electron chi connectivity index (χ1n) is 5.48. The molecule has 1 aromatic rings. The Bertz CT molecular complexity index is 561. The maximum atomic E-state index is 7.24. The van der Waals surface area contributed by atoms with Gasteiger partial charge in [-0.1, -0.05) is 23.4 Å². The lowest BCUT2D eigenvalue weighted by Crippen LogP contribution is -2.18. The van der Waals surface area contributed by atoms with Gasteiger partial charge in [0, 0.05) is 6.07 Å². The van der Waals surface area contributed by atoms with Crippen molar-refractivity contribution in [3.8, 4) is 36.2 Å². The monoisotopic (exact) mass is 292 g/mol. The summed E-state index contributed by atoms with van der Waals surface area (Å²) in [6.45, 7) is 0.0911. The van der Waals surface area contributed by atoms with Gasteiger partial charge in [0.1, 0.15) is 19.6 Å². The number of terminal acetylenes is 2. The van der Waals surface area contributed by atoms with Gasteiger partial charge in [0.25, 0.3) is 0 Å². The van der Waals surface area contributed by atoms with E-state index in [4.69, 9.17) is 44.2 Å². The molecule has 0 radical (unpaired) electrons. The van der Waals surface area contributed by atoms with Crippen molar-refractivity contribution in [2.45, 2.75) is 0 Å². The summed E-state index contributed by atoms with van der Waals surface area (Å²) in [5.41, 5.74) is 0.493. The molecule has 0 spiro atoms. The maximum absolute atomic E-state index is 7.24. The minimum Gasteiger partial charge on any atom is -0.477 e. The molecule has 20 heavy (non-hydrogen) atoms. The molecule has 1 N–H and O–H groups in total. The Morgan fingerprint density at radius 3 is 2.50 bits per heavy atom. The standard InChI is InChI=1S/C14H13ClN2O3/c1-4-6-19-13-9-11(17(10-16)18-3)8-12(15)14(13)20-7-5-2/h1-2,8-10,16H,6-7H2,3H3. The Balaban J connectivity index is 3.21. The van der Waals surface area contributed by atoms with E-state index in [2.05, 4.69) is 11.8 Å². The van der Waals surface area contributed by atoms with Crippen LogP contribution >= 0.6 is 11.6 Å². The minimum atomic E-state index is 0.0454. The van der Waals surface area contributed by atoms with E-state index in [1.807, 2.05) is 0 Å². The first-order valence-corrected chi connectivity index (χ1v) is 5.85. The van der Waals surface area contributed by atoms with E-state index >= 15 is 0 Å². The highest BCUT2D eigenvalue weighted by atomic mass is 35.5. The second-order valence-corrected chi connectivity index (χ2v) is 3.79. The van der Waals surface area contributed by atoms with E-state index in [0.717, 1.165) is 6.34 Å². The Hall–Kier alpha value is -2.34. The van der Waals surface area contributed by atoms with Crippen molar-refractivity contribution in [1.29, 1.82) is 5.41 Å². The van der Waals surface area contributed by atoms with Gasteiger partial charge in [0.05, 0.1) is 17.8 Å². The van der Waals surface area contributed by atoms with E-state index in [0.29, 0.717) is 17.2 Å². The fourth-order valence-corrected chi connectivity index (χ4v) is 1.65. The van der Waals surface area contributed by atoms with Gasteiger partial charge in [-0.15, -0.1) is 12.8 Å². The fraction of sp³-hybridized carbons (Fsp3) is 0.214. The van der Waals surface area contributed by atoms with Crippen LogP contribution in [0.3, 0.4) is 0 Å². The SMILES string of the molecule is C#CCOc1cc(N(C=N)OC)cc(Cl)c1OCC#C. The first-order chi connectivity index (χ1) is 9.67. The largest absolute Gasteiger partial charge is 0.477 e. The summed E-state index contributed by atoms with van der Waals surface area (Å²) in [4.78, 5) is 4.98. The van der Waals surface area contributed by atoms with Crippen LogP contribution in [0.4, 0.5) is 5.69 Å². The molecule has 0 bridgehead atoms. The molecule has 0 heterocycles. The van der Waals surface area contributed by atoms with Crippen LogP contribution in [-0.2, 0) is 4.84 Å². The zero-order chi connectivity index (χ0) is 15.0. The molecule has 0 aliphatic heterocycles. The maximum Gasteiger partial charge on any atom is 0.181 e. The Morgan fingerprint density at radius 1 is 1.30 bits per heavy atom. The Kier molecular flexibility index (Phi) is 6.25. The number of nitrogens with zero attached hydrogens (tertiary/aromatic N) is 1. The highest BCUT2D eigenvalue weighted by Crippen LogP contribution is 2.39. The Morgan fingerprint density at radius 2 is 1.95 bits per heavy atom. The van der Waals surface area contributed by atoms with Gasteiger partial charge in [0.2, 0.25) is 0 Å². The Labute approximate surface area is 122 Å². The van der Waals surface area contributed by atoms with Crippen LogP contribution in [0.25, 0.3) is 0 Å². The highest BCUT2D eigenvalue weighted by Gasteiger charge is 2.15. The molecule has 0 fully saturated rings. The van der Waals surface area contributed by atoms with Crippen LogP contribution in [0, 0.1) is 30.1 Å². The number of anilines is 1. The minimum absolute atomic E-state index is 0.0454. The number of hydrogen-bond acceptors (Lipinski definition) is 4. The first kappa shape index (κ1) is 15.7. The number of hydrogen-bond donors (Lipinski definition) is 1. The third-order valence-electron chi connectivity index (χ3n) is 2.17. The summed E-state index contributed by atoms with van der Waals surface area (Å²) in [5, 5.41) is 8.71. The van der Waals surface area contributed by atoms with Crippen LogP contribution < -0.4 is 14.5 Å². The summed E-state index contributed by atoms with van der Waals surface area (Å²) < 4.78 is 10.7. The fourth-order valence-electron chi connectivity index (χ4n) is 1.40. The van der Waals surface area contributed by atoms with Crippen molar-refractivity contribution < 1.29 is 14.3 Å². The van der Waals surface area contributed by atoms with E-state index in [1.165, 1.54) is 12.2 Å². The lowest BCUT2D eigenvalue weighted by molar-refractivity contribution is 0.212. The molecular weight excluding hydrogens is 280 g/mol. The third-order valence-corrected chi connectivity index (χ3v) is 2.45. The number of ether oxygens (including phenoxy) is 2. The molecule has 0 saturated heterocycles. The molecule has 104 valence electrons. The van der Waals surface area contributed by atoms with Crippen LogP contribution in [0.2, 0.25) is 5.02 Å². The van der Waals surface area contributed by atoms with Gasteiger partial charge < -0.3 is 9.47 Å². The van der Waals surface area contributed by atoms with Crippen molar-refractivity contribution in [3.63, 3.8) is 0 Å². The highest BCUT2D eigenvalue weighted by molar-refractivity contribution is 6.32. The van der Waals surface area contributed by atoms with Crippen LogP contribution in [0.1, 0.15) is 0 Å². The van der Waals surface area contributed by atoms with Gasteiger partial charge in [-0.3, -0.25) is 10.2 Å². The van der Waals surface area contributed by atoms with Crippen molar-refractivity contribution in [2.24, 2.45) is 0 Å².